The summed E-state index contributed by atoms with van der Waals surface area (Å²) in [7, 11) is 0. The fourth-order valence-corrected chi connectivity index (χ4v) is 2.92. The van der Waals surface area contributed by atoms with Crippen LogP contribution in [0.2, 0.25) is 5.02 Å². The van der Waals surface area contributed by atoms with Crippen LogP contribution in [0.5, 0.6) is 0 Å². The molecule has 26 heavy (non-hydrogen) atoms. The van der Waals surface area contributed by atoms with Crippen molar-refractivity contribution in [1.82, 2.24) is 10.6 Å². The molecule has 0 aliphatic carbocycles. The first-order chi connectivity index (χ1) is 12.5. The molecule has 138 valence electrons. The number of hydrogen-bond acceptors (Lipinski definition) is 3. The normalized spacial score (nSPS) is 13.0. The van der Waals surface area contributed by atoms with Crippen molar-refractivity contribution in [3.63, 3.8) is 0 Å². The molecule has 2 rings (SSSR count). The number of rotatable bonds is 9. The molecule has 2 atom stereocenters. The largest absolute Gasteiger partial charge is 0.480 e. The van der Waals surface area contributed by atoms with Crippen LogP contribution in [0, 0.1) is 0 Å². The Morgan fingerprint density at radius 2 is 1.77 bits per heavy atom. The summed E-state index contributed by atoms with van der Waals surface area (Å²) in [5, 5.41) is 15.5. The highest BCUT2D eigenvalue weighted by Gasteiger charge is 2.20. The number of carbonyl (C=O) groups is 2. The lowest BCUT2D eigenvalue weighted by atomic mass is 9.98. The van der Waals surface area contributed by atoms with Gasteiger partial charge in [0.15, 0.2) is 0 Å². The fraction of sp³-hybridized carbons (Fsp3) is 0.300. The number of amides is 1. The minimum Gasteiger partial charge on any atom is -0.480 e. The third kappa shape index (κ3) is 5.86. The second kappa shape index (κ2) is 9.94. The van der Waals surface area contributed by atoms with Crippen molar-refractivity contribution >= 4 is 23.5 Å². The first-order valence-electron chi connectivity index (χ1n) is 8.57. The lowest BCUT2D eigenvalue weighted by Gasteiger charge is -2.21. The van der Waals surface area contributed by atoms with E-state index >= 15 is 0 Å². The SMILES string of the molecule is CCCC(NCC(=O)NC(c1ccccc1)c1cccc(Cl)c1)C(=O)O. The van der Waals surface area contributed by atoms with E-state index in [1.165, 1.54) is 0 Å². The first-order valence-corrected chi connectivity index (χ1v) is 8.95. The van der Waals surface area contributed by atoms with Crippen LogP contribution >= 0.6 is 11.6 Å². The summed E-state index contributed by atoms with van der Waals surface area (Å²) >= 11 is 6.09. The van der Waals surface area contributed by atoms with E-state index in [4.69, 9.17) is 11.6 Å². The highest BCUT2D eigenvalue weighted by atomic mass is 35.5. The number of carboxylic acids is 1. The molecule has 5 nitrogen and oxygen atoms in total. The number of carbonyl (C=O) groups excluding carboxylic acids is 1. The quantitative estimate of drug-likeness (QED) is 0.628. The van der Waals surface area contributed by atoms with Crippen LogP contribution in [0.3, 0.4) is 0 Å². The Morgan fingerprint density at radius 3 is 2.38 bits per heavy atom. The number of hydrogen-bond donors (Lipinski definition) is 3. The molecule has 2 unspecified atom stereocenters. The molecule has 3 N–H and O–H groups in total. The molecule has 0 radical (unpaired) electrons. The highest BCUT2D eigenvalue weighted by Crippen LogP contribution is 2.24. The van der Waals surface area contributed by atoms with E-state index in [2.05, 4.69) is 10.6 Å². The minimum absolute atomic E-state index is 0.0686. The van der Waals surface area contributed by atoms with Crippen LogP contribution in [0.15, 0.2) is 54.6 Å². The zero-order valence-electron chi connectivity index (χ0n) is 14.6. The average Bonchev–Trinajstić information content (AvgIpc) is 2.63. The van der Waals surface area contributed by atoms with Gasteiger partial charge in [0.05, 0.1) is 12.6 Å². The minimum atomic E-state index is -0.950. The number of halogens is 1. The molecule has 0 aromatic heterocycles. The molecule has 2 aromatic rings. The summed E-state index contributed by atoms with van der Waals surface area (Å²) in [6.45, 7) is 1.84. The van der Waals surface area contributed by atoms with Gasteiger partial charge in [0.1, 0.15) is 6.04 Å². The van der Waals surface area contributed by atoms with Gasteiger partial charge < -0.3 is 10.4 Å². The number of aliphatic carboxylic acids is 1. The topological polar surface area (TPSA) is 78.4 Å². The summed E-state index contributed by atoms with van der Waals surface area (Å²) in [6, 6.07) is 15.8. The maximum atomic E-state index is 12.4. The van der Waals surface area contributed by atoms with Gasteiger partial charge in [-0.2, -0.15) is 0 Å². The lowest BCUT2D eigenvalue weighted by molar-refractivity contribution is -0.139. The van der Waals surface area contributed by atoms with Crippen molar-refractivity contribution in [2.75, 3.05) is 6.54 Å². The molecule has 0 bridgehead atoms. The lowest BCUT2D eigenvalue weighted by Crippen LogP contribution is -2.44. The van der Waals surface area contributed by atoms with E-state index < -0.39 is 12.0 Å². The van der Waals surface area contributed by atoms with Crippen molar-refractivity contribution in [2.45, 2.75) is 31.8 Å². The summed E-state index contributed by atoms with van der Waals surface area (Å²) in [5.74, 6) is -1.23. The van der Waals surface area contributed by atoms with Crippen molar-refractivity contribution in [2.24, 2.45) is 0 Å². The Hall–Kier alpha value is -2.37. The van der Waals surface area contributed by atoms with Crippen LogP contribution in [0.4, 0.5) is 0 Å². The van der Waals surface area contributed by atoms with E-state index in [1.807, 2.05) is 55.5 Å². The Morgan fingerprint density at radius 1 is 1.08 bits per heavy atom. The molecule has 0 heterocycles. The molecule has 6 heteroatoms. The van der Waals surface area contributed by atoms with Gasteiger partial charge in [-0.3, -0.25) is 14.9 Å². The molecule has 0 spiro atoms. The molecule has 0 aliphatic heterocycles. The zero-order valence-corrected chi connectivity index (χ0v) is 15.4. The van der Waals surface area contributed by atoms with E-state index in [0.29, 0.717) is 11.4 Å². The maximum Gasteiger partial charge on any atom is 0.320 e. The zero-order chi connectivity index (χ0) is 18.9. The van der Waals surface area contributed by atoms with Crippen molar-refractivity contribution < 1.29 is 14.7 Å². The second-order valence-electron chi connectivity index (χ2n) is 6.03. The predicted molar refractivity (Wildman–Crippen MR) is 102 cm³/mol. The van der Waals surface area contributed by atoms with Crippen molar-refractivity contribution in [3.8, 4) is 0 Å². The highest BCUT2D eigenvalue weighted by molar-refractivity contribution is 6.30. The van der Waals surface area contributed by atoms with Crippen molar-refractivity contribution in [3.05, 3.63) is 70.7 Å². The Kier molecular flexibility index (Phi) is 7.63. The molecular weight excluding hydrogens is 352 g/mol. The van der Waals surface area contributed by atoms with Crippen LogP contribution in [0.1, 0.15) is 36.9 Å². The van der Waals surface area contributed by atoms with E-state index in [0.717, 1.165) is 17.5 Å². The molecule has 0 aliphatic rings. The third-order valence-corrected chi connectivity index (χ3v) is 4.24. The van der Waals surface area contributed by atoms with Gasteiger partial charge in [0, 0.05) is 5.02 Å². The van der Waals surface area contributed by atoms with Gasteiger partial charge in [0.2, 0.25) is 5.91 Å². The smallest absolute Gasteiger partial charge is 0.320 e. The number of benzene rings is 2. The van der Waals surface area contributed by atoms with Crippen LogP contribution < -0.4 is 10.6 Å². The van der Waals surface area contributed by atoms with Gasteiger partial charge in [0.25, 0.3) is 0 Å². The molecular formula is C20H23ClN2O3. The van der Waals surface area contributed by atoms with Gasteiger partial charge >= 0.3 is 5.97 Å². The molecule has 0 saturated carbocycles. The van der Waals surface area contributed by atoms with Gasteiger partial charge in [-0.25, -0.2) is 0 Å². The fourth-order valence-electron chi connectivity index (χ4n) is 2.72. The Labute approximate surface area is 158 Å². The third-order valence-electron chi connectivity index (χ3n) is 4.00. The number of carboxylic acid groups (broad SMARTS) is 1. The molecule has 0 saturated heterocycles. The van der Waals surface area contributed by atoms with E-state index in [9.17, 15) is 14.7 Å². The average molecular weight is 375 g/mol. The van der Waals surface area contributed by atoms with Crippen molar-refractivity contribution in [1.29, 1.82) is 0 Å². The van der Waals surface area contributed by atoms with Gasteiger partial charge in [-0.1, -0.05) is 67.4 Å². The maximum absolute atomic E-state index is 12.4. The summed E-state index contributed by atoms with van der Waals surface area (Å²) in [5.41, 5.74) is 1.78. The van der Waals surface area contributed by atoms with E-state index in [1.54, 1.807) is 6.07 Å². The first kappa shape index (κ1) is 19.9. The molecule has 1 amide bonds. The van der Waals surface area contributed by atoms with E-state index in [-0.39, 0.29) is 18.5 Å². The summed E-state index contributed by atoms with van der Waals surface area (Å²) in [4.78, 5) is 23.6. The van der Waals surface area contributed by atoms with Crippen LogP contribution in [0.25, 0.3) is 0 Å². The van der Waals surface area contributed by atoms with Crippen LogP contribution in [-0.4, -0.2) is 29.6 Å². The standard InChI is InChI=1S/C20H23ClN2O3/c1-2-7-17(20(25)26)22-13-18(24)23-19(14-8-4-3-5-9-14)15-10-6-11-16(21)12-15/h3-6,8-12,17,19,22H,2,7,13H2,1H3,(H,23,24)(H,25,26). The second-order valence-corrected chi connectivity index (χ2v) is 6.46. The monoisotopic (exact) mass is 374 g/mol. The summed E-state index contributed by atoms with van der Waals surface area (Å²) < 4.78 is 0. The molecule has 2 aromatic carbocycles. The van der Waals surface area contributed by atoms with Gasteiger partial charge in [-0.15, -0.1) is 0 Å². The van der Waals surface area contributed by atoms with Crippen LogP contribution in [-0.2, 0) is 9.59 Å². The number of nitrogens with one attached hydrogen (secondary N) is 2. The van der Waals surface area contributed by atoms with Gasteiger partial charge in [-0.05, 0) is 29.7 Å². The predicted octanol–water partition coefficient (Wildman–Crippen LogP) is 3.39. The Bertz CT molecular complexity index is 737. The molecule has 0 fully saturated rings. The Balaban J connectivity index is 2.12. The summed E-state index contributed by atoms with van der Waals surface area (Å²) in [6.07, 6.45) is 1.19.